The molecule has 0 radical (unpaired) electrons. The van der Waals surface area contributed by atoms with Gasteiger partial charge in [-0.15, -0.1) is 22.7 Å². The van der Waals surface area contributed by atoms with Gasteiger partial charge >= 0.3 is 0 Å². The number of hydrogen-bond donors (Lipinski definition) is 0. The van der Waals surface area contributed by atoms with Gasteiger partial charge in [0.1, 0.15) is 23.0 Å². The van der Waals surface area contributed by atoms with Gasteiger partial charge in [-0.2, -0.15) is 0 Å². The molecule has 0 amide bonds. The van der Waals surface area contributed by atoms with E-state index in [0.717, 1.165) is 132 Å². The first-order valence-electron chi connectivity index (χ1n) is 31.2. The van der Waals surface area contributed by atoms with Gasteiger partial charge < -0.3 is 18.6 Å². The lowest BCUT2D eigenvalue weighted by Crippen LogP contribution is -2.57. The van der Waals surface area contributed by atoms with Gasteiger partial charge in [0.25, 0.3) is 6.71 Å². The summed E-state index contributed by atoms with van der Waals surface area (Å²) in [5.74, 6) is 3.03. The third-order valence-corrected chi connectivity index (χ3v) is 20.2. The van der Waals surface area contributed by atoms with Crippen molar-refractivity contribution in [1.29, 1.82) is 0 Å². The zero-order valence-electron chi connectivity index (χ0n) is 51.8. The summed E-state index contributed by atoms with van der Waals surface area (Å²) in [5, 5.41) is 7.86. The van der Waals surface area contributed by atoms with E-state index in [2.05, 4.69) is 221 Å². The minimum Gasteiger partial charge on any atom is -0.458 e. The number of rotatable bonds is 4. The molecule has 0 unspecified atom stereocenters. The number of fused-ring (bicyclic) bond motifs is 17. The lowest BCUT2D eigenvalue weighted by atomic mass is 9.35. The van der Waals surface area contributed by atoms with Gasteiger partial charge in [-0.1, -0.05) is 187 Å². The van der Waals surface area contributed by atoms with E-state index in [4.69, 9.17) is 16.3 Å². The highest BCUT2D eigenvalue weighted by Crippen LogP contribution is 2.52. The Balaban J connectivity index is 0.891. The Kier molecular flexibility index (Phi) is 9.40. The van der Waals surface area contributed by atoms with Crippen molar-refractivity contribution < 1.29 is 16.3 Å². The second kappa shape index (κ2) is 17.8. The molecular weight excluding hydrogens is 1050 g/mol. The summed E-state index contributed by atoms with van der Waals surface area (Å²) >= 11 is 3.26. The average Bonchev–Trinajstić information content (AvgIpc) is 1.34. The minimum absolute atomic E-state index is 0.0150. The number of benzene rings is 10. The summed E-state index contributed by atoms with van der Waals surface area (Å²) in [6.07, 6.45) is 8.86. The summed E-state index contributed by atoms with van der Waals surface area (Å²) in [7, 11) is 0. The molecular formula is C76H57BN2O2S2. The molecule has 0 fully saturated rings. The van der Waals surface area contributed by atoms with Crippen LogP contribution in [0.1, 0.15) is 71.6 Å². The maximum Gasteiger partial charge on any atom is 0.260 e. The van der Waals surface area contributed by atoms with Gasteiger partial charge in [-0.3, -0.25) is 0 Å². The van der Waals surface area contributed by atoms with E-state index in [1.54, 1.807) is 22.7 Å². The standard InChI is InChI=1S/C76H57BN2O2S2/c1-75(2,3)46-21-10-14-29-62-56(39-46)57-40-47(76(4,5)6)31-36-63(57)79(62)49-33-35-59-65(42-49)81-67-38-45(37-66-72(67)77(59)58-34-32-48(41-64(58)80-66)78-60-27-15-11-22-51(60)52-23-12-16-28-61(52)78)50-25-18-26-54-70-69(83-73(50)54)43-55(44-19-8-7-9-20-44)74-71(70)53-24-13-17-30-68(53)82-74/h7-20,22-28,30-43H,21,29H2,1-6H3/b14-10-,46-39+/i7D,8D,9D,19D,20D. The molecule has 0 saturated heterocycles. The molecule has 2 aliphatic heterocycles. The number of thiophene rings is 2. The molecule has 4 aromatic heterocycles. The van der Waals surface area contributed by atoms with Crippen LogP contribution in [0.3, 0.4) is 0 Å². The van der Waals surface area contributed by atoms with E-state index in [-0.39, 0.29) is 47.3 Å². The van der Waals surface area contributed by atoms with Crippen LogP contribution < -0.4 is 25.9 Å². The number of aromatic nitrogens is 2. The zero-order chi connectivity index (χ0) is 60.0. The SMILES string of the molecule is [2H]c1c([2H])c([2H])c(-c2cc3sc4c(-c5cc6c7c(c5)Oc5cc(-n8c9ccccc9c9ccccc98)ccc5B7c5ccc(-n7c8c(c9cc(C(C)(C)C)ccc97)/C=C(/C(C)(C)C)C/C=C\C8)cc5O6)cccc4c3c3c2sc2ccccc23)c([2H])c1[2H]. The molecule has 0 spiro atoms. The fourth-order valence-corrected chi connectivity index (χ4v) is 16.3. The number of ether oxygens (including phenoxy) is 2. The molecule has 10 aromatic carbocycles. The normalized spacial score (nSPS) is 15.9. The molecule has 3 aliphatic rings. The highest BCUT2D eigenvalue weighted by molar-refractivity contribution is 7.28. The van der Waals surface area contributed by atoms with E-state index >= 15 is 0 Å². The largest absolute Gasteiger partial charge is 0.458 e. The highest BCUT2D eigenvalue weighted by Gasteiger charge is 2.41. The predicted molar refractivity (Wildman–Crippen MR) is 356 cm³/mol. The number of allylic oxidation sites excluding steroid dienone is 3. The van der Waals surface area contributed by atoms with Gasteiger partial charge in [0, 0.05) is 109 Å². The molecule has 0 saturated carbocycles. The molecule has 0 bridgehead atoms. The van der Waals surface area contributed by atoms with Crippen LogP contribution in [0.15, 0.2) is 212 Å². The van der Waals surface area contributed by atoms with Crippen LogP contribution in [0.4, 0.5) is 0 Å². The van der Waals surface area contributed by atoms with Crippen molar-refractivity contribution in [3.63, 3.8) is 0 Å². The topological polar surface area (TPSA) is 28.3 Å². The summed E-state index contributed by atoms with van der Waals surface area (Å²) < 4.78 is 67.8. The Morgan fingerprint density at radius 3 is 1.81 bits per heavy atom. The number of nitrogens with zero attached hydrogens (tertiary/aromatic N) is 2. The van der Waals surface area contributed by atoms with Crippen molar-refractivity contribution in [3.8, 4) is 56.6 Å². The van der Waals surface area contributed by atoms with Crippen molar-refractivity contribution in [1.82, 2.24) is 9.13 Å². The van der Waals surface area contributed by atoms with E-state index in [9.17, 15) is 0 Å². The highest BCUT2D eigenvalue weighted by atomic mass is 32.1. The molecule has 6 heterocycles. The molecule has 7 heteroatoms. The molecule has 17 rings (SSSR count). The maximum atomic E-state index is 9.17. The quantitative estimate of drug-likeness (QED) is 0.130. The fraction of sp³-hybridized carbons (Fsp3) is 0.132. The van der Waals surface area contributed by atoms with Crippen molar-refractivity contribution in [2.75, 3.05) is 0 Å². The number of hydrogen-bond acceptors (Lipinski definition) is 4. The summed E-state index contributed by atoms with van der Waals surface area (Å²) in [6, 6.07) is 57.6. The van der Waals surface area contributed by atoms with Gasteiger partial charge in [-0.25, -0.2) is 0 Å². The molecule has 0 atom stereocenters. The Morgan fingerprint density at radius 1 is 0.482 bits per heavy atom. The van der Waals surface area contributed by atoms with Crippen molar-refractivity contribution >= 4 is 125 Å². The van der Waals surface area contributed by atoms with Crippen LogP contribution in [0.2, 0.25) is 0 Å². The fourth-order valence-electron chi connectivity index (χ4n) is 13.7. The molecule has 0 N–H and O–H groups in total. The van der Waals surface area contributed by atoms with Crippen molar-refractivity contribution in [2.45, 2.75) is 59.8 Å². The van der Waals surface area contributed by atoms with Crippen LogP contribution in [0.5, 0.6) is 23.0 Å². The van der Waals surface area contributed by atoms with Crippen LogP contribution in [0, 0.1) is 5.41 Å². The van der Waals surface area contributed by atoms with Gasteiger partial charge in [0.15, 0.2) is 0 Å². The van der Waals surface area contributed by atoms with Crippen LogP contribution in [0.25, 0.3) is 113 Å². The summed E-state index contributed by atoms with van der Waals surface area (Å²) in [6.45, 7) is 13.6. The monoisotopic (exact) mass is 1110 g/mol. The first kappa shape index (κ1) is 43.8. The molecule has 4 nitrogen and oxygen atoms in total. The molecule has 1 aliphatic carbocycles. The second-order valence-corrected chi connectivity index (χ2v) is 26.8. The predicted octanol–water partition coefficient (Wildman–Crippen LogP) is 19.8. The third-order valence-electron chi connectivity index (χ3n) is 17.8. The Morgan fingerprint density at radius 2 is 1.11 bits per heavy atom. The molecule has 83 heavy (non-hydrogen) atoms. The van der Waals surface area contributed by atoms with Crippen molar-refractivity contribution in [2.24, 2.45) is 5.41 Å². The maximum absolute atomic E-state index is 9.17. The summed E-state index contributed by atoms with van der Waals surface area (Å²) in [5.41, 5.74) is 16.5. The average molecular weight is 1110 g/mol. The molecule has 14 aromatic rings. The number of para-hydroxylation sites is 2. The first-order valence-corrected chi connectivity index (χ1v) is 30.3. The van der Waals surface area contributed by atoms with Crippen LogP contribution in [-0.4, -0.2) is 15.8 Å². The van der Waals surface area contributed by atoms with Crippen LogP contribution >= 0.6 is 22.7 Å². The lowest BCUT2D eigenvalue weighted by Gasteiger charge is -2.34. The van der Waals surface area contributed by atoms with E-state index in [1.807, 2.05) is 12.1 Å². The van der Waals surface area contributed by atoms with E-state index in [0.29, 0.717) is 5.56 Å². The van der Waals surface area contributed by atoms with Gasteiger partial charge in [-0.05, 0) is 111 Å². The first-order chi connectivity index (χ1) is 42.5. The van der Waals surface area contributed by atoms with E-state index < -0.39 is 6.04 Å². The van der Waals surface area contributed by atoms with Gasteiger partial charge in [0.2, 0.25) is 0 Å². The Hall–Kier alpha value is -8.88. The Bertz CT molecular complexity index is 5430. The lowest BCUT2D eigenvalue weighted by molar-refractivity contribution is 0.464. The van der Waals surface area contributed by atoms with Gasteiger partial charge in [0.05, 0.1) is 23.4 Å². The molecule has 398 valence electrons. The smallest absolute Gasteiger partial charge is 0.260 e. The second-order valence-electron chi connectivity index (χ2n) is 24.7. The minimum atomic E-state index is -0.406. The summed E-state index contributed by atoms with van der Waals surface area (Å²) in [4.78, 5) is 0. The zero-order valence-corrected chi connectivity index (χ0v) is 48.5. The Labute approximate surface area is 497 Å². The van der Waals surface area contributed by atoms with Crippen LogP contribution in [-0.2, 0) is 11.8 Å². The van der Waals surface area contributed by atoms with E-state index in [1.165, 1.54) is 38.6 Å². The van der Waals surface area contributed by atoms with Crippen molar-refractivity contribution in [3.05, 3.63) is 229 Å². The third kappa shape index (κ3) is 7.36.